The molecule has 0 spiro atoms. The SMILES string of the molecule is CCC(C)CCCCCCCCCCCCCCCCC(=O)O[C@H](COC(=O)CCCCCCCCCCCCCCC(C)C)COP(=O)(O)OC[C@@H](O)COP(=O)(O)OC[C@@H](COC(=O)CCCCCCCCC(C)CC)OC(=O)CCCCCCCCC(C)CC. The monoisotopic (exact) mass is 1370 g/mol. The van der Waals surface area contributed by atoms with Crippen LogP contribution in [0.15, 0.2) is 0 Å². The van der Waals surface area contributed by atoms with Crippen LogP contribution >= 0.6 is 15.6 Å². The molecule has 0 aliphatic rings. The highest BCUT2D eigenvalue weighted by Gasteiger charge is 2.30. The summed E-state index contributed by atoms with van der Waals surface area (Å²) in [6.45, 7) is 14.2. The molecule has 5 unspecified atom stereocenters. The van der Waals surface area contributed by atoms with E-state index in [1.165, 1.54) is 167 Å². The Bertz CT molecular complexity index is 1840. The van der Waals surface area contributed by atoms with Crippen LogP contribution in [0.25, 0.3) is 0 Å². The van der Waals surface area contributed by atoms with E-state index in [1.807, 2.05) is 0 Å². The molecule has 0 aromatic rings. The molecular formula is C74H144O17P2. The van der Waals surface area contributed by atoms with Crippen molar-refractivity contribution < 1.29 is 80.2 Å². The molecule has 0 saturated carbocycles. The Morgan fingerprint density at radius 2 is 0.516 bits per heavy atom. The van der Waals surface area contributed by atoms with Gasteiger partial charge in [0.15, 0.2) is 12.2 Å². The number of ether oxygens (including phenoxy) is 4. The Morgan fingerprint density at radius 3 is 0.763 bits per heavy atom. The van der Waals surface area contributed by atoms with E-state index in [-0.39, 0.29) is 25.7 Å². The quantitative estimate of drug-likeness (QED) is 0.0222. The van der Waals surface area contributed by atoms with E-state index in [0.29, 0.717) is 25.7 Å². The number of carbonyl (C=O) groups is 4. The van der Waals surface area contributed by atoms with Gasteiger partial charge in [-0.2, -0.15) is 0 Å². The van der Waals surface area contributed by atoms with Gasteiger partial charge in [0.2, 0.25) is 0 Å². The lowest BCUT2D eigenvalue weighted by Crippen LogP contribution is -2.30. The van der Waals surface area contributed by atoms with Crippen LogP contribution in [-0.2, 0) is 65.4 Å². The van der Waals surface area contributed by atoms with Crippen LogP contribution in [0.3, 0.4) is 0 Å². The summed E-state index contributed by atoms with van der Waals surface area (Å²) < 4.78 is 68.4. The van der Waals surface area contributed by atoms with Gasteiger partial charge in [-0.15, -0.1) is 0 Å². The third-order valence-electron chi connectivity index (χ3n) is 18.2. The van der Waals surface area contributed by atoms with Gasteiger partial charge in [0.05, 0.1) is 26.4 Å². The summed E-state index contributed by atoms with van der Waals surface area (Å²) in [4.78, 5) is 72.7. The summed E-state index contributed by atoms with van der Waals surface area (Å²) in [5.74, 6) is 0.951. The Morgan fingerprint density at radius 1 is 0.301 bits per heavy atom. The molecule has 17 nitrogen and oxygen atoms in total. The summed E-state index contributed by atoms with van der Waals surface area (Å²) in [5, 5.41) is 10.6. The van der Waals surface area contributed by atoms with E-state index in [4.69, 9.17) is 37.0 Å². The van der Waals surface area contributed by atoms with E-state index >= 15 is 0 Å². The zero-order chi connectivity index (χ0) is 68.9. The normalized spacial score (nSPS) is 15.1. The van der Waals surface area contributed by atoms with Crippen molar-refractivity contribution in [2.45, 2.75) is 388 Å². The van der Waals surface area contributed by atoms with Crippen LogP contribution in [0.1, 0.15) is 370 Å². The van der Waals surface area contributed by atoms with Gasteiger partial charge in [-0.25, -0.2) is 9.13 Å². The first-order chi connectivity index (χ1) is 44.7. The summed E-state index contributed by atoms with van der Waals surface area (Å²) in [6, 6.07) is 0. The highest BCUT2D eigenvalue weighted by Crippen LogP contribution is 2.45. The van der Waals surface area contributed by atoms with Crippen LogP contribution in [0.5, 0.6) is 0 Å². The summed E-state index contributed by atoms with van der Waals surface area (Å²) in [6.07, 6.45) is 47.2. The molecule has 0 bridgehead atoms. The molecule has 3 N–H and O–H groups in total. The molecule has 0 fully saturated rings. The van der Waals surface area contributed by atoms with Crippen molar-refractivity contribution >= 4 is 39.5 Å². The lowest BCUT2D eigenvalue weighted by atomic mass is 9.99. The molecule has 552 valence electrons. The Labute approximate surface area is 568 Å². The van der Waals surface area contributed by atoms with Gasteiger partial charge in [-0.05, 0) is 49.4 Å². The molecule has 0 aromatic heterocycles. The van der Waals surface area contributed by atoms with Crippen molar-refractivity contribution in [3.63, 3.8) is 0 Å². The van der Waals surface area contributed by atoms with Crippen molar-refractivity contribution in [2.75, 3.05) is 39.6 Å². The predicted octanol–water partition coefficient (Wildman–Crippen LogP) is 21.3. The first kappa shape index (κ1) is 91.1. The molecule has 0 aliphatic carbocycles. The van der Waals surface area contributed by atoms with Gasteiger partial charge < -0.3 is 33.8 Å². The van der Waals surface area contributed by atoms with Crippen molar-refractivity contribution in [1.82, 2.24) is 0 Å². The van der Waals surface area contributed by atoms with Gasteiger partial charge >= 0.3 is 39.5 Å². The Kier molecular flexibility index (Phi) is 62.2. The van der Waals surface area contributed by atoms with Crippen molar-refractivity contribution in [3.05, 3.63) is 0 Å². The second-order valence-electron chi connectivity index (χ2n) is 27.9. The number of hydrogen-bond acceptors (Lipinski definition) is 15. The lowest BCUT2D eigenvalue weighted by molar-refractivity contribution is -0.161. The van der Waals surface area contributed by atoms with E-state index in [1.54, 1.807) is 0 Å². The van der Waals surface area contributed by atoms with Gasteiger partial charge in [0.25, 0.3) is 0 Å². The Balaban J connectivity index is 5.24. The smallest absolute Gasteiger partial charge is 0.462 e. The molecular weight excluding hydrogens is 1220 g/mol. The molecule has 0 saturated heterocycles. The van der Waals surface area contributed by atoms with Gasteiger partial charge in [-0.3, -0.25) is 37.3 Å². The fraction of sp³-hybridized carbons (Fsp3) is 0.946. The highest BCUT2D eigenvalue weighted by atomic mass is 31.2. The molecule has 0 aromatic carbocycles. The average molecular weight is 1370 g/mol. The summed E-state index contributed by atoms with van der Waals surface area (Å²) in [7, 11) is -9.91. The third-order valence-corrected chi connectivity index (χ3v) is 20.1. The lowest BCUT2D eigenvalue weighted by Gasteiger charge is -2.21. The standard InChI is InChI=1S/C74H144O17P2/c1-9-65(6)51-43-35-27-23-19-14-12-13-15-21-25-29-40-48-56-73(78)90-69(60-84-71(76)54-46-38-28-24-20-17-16-18-22-26-34-42-50-64(4)5)62-88-92(80,81)86-58-68(75)59-87-93(82,83)89-63-70(91-74(79)57-49-41-33-31-37-45-53-67(8)11-3)61-85-72(77)55-47-39-32-30-36-44-52-66(7)10-2/h64-70,75H,9-63H2,1-8H3,(H,80,81)(H,82,83)/t65?,66?,67?,68-,69-,70-/m1/s1. The number of hydrogen-bond donors (Lipinski definition) is 3. The van der Waals surface area contributed by atoms with Crippen LogP contribution in [0, 0.1) is 23.7 Å². The molecule has 0 heterocycles. The van der Waals surface area contributed by atoms with E-state index in [0.717, 1.165) is 120 Å². The van der Waals surface area contributed by atoms with Crippen LogP contribution < -0.4 is 0 Å². The maximum Gasteiger partial charge on any atom is 0.472 e. The highest BCUT2D eigenvalue weighted by molar-refractivity contribution is 7.47. The fourth-order valence-corrected chi connectivity index (χ4v) is 12.7. The maximum absolute atomic E-state index is 13.1. The number of aliphatic hydroxyl groups excluding tert-OH is 1. The number of aliphatic hydroxyl groups is 1. The van der Waals surface area contributed by atoms with Crippen molar-refractivity contribution in [2.24, 2.45) is 23.7 Å². The largest absolute Gasteiger partial charge is 0.472 e. The molecule has 0 amide bonds. The number of carbonyl (C=O) groups excluding carboxylic acids is 4. The third kappa shape index (κ3) is 64.5. The molecule has 19 heteroatoms. The zero-order valence-electron chi connectivity index (χ0n) is 60.9. The van der Waals surface area contributed by atoms with Gasteiger partial charge in [-0.1, -0.05) is 319 Å². The zero-order valence-corrected chi connectivity index (χ0v) is 62.7. The molecule has 0 radical (unpaired) electrons. The number of unbranched alkanes of at least 4 members (excludes halogenated alkanes) is 34. The van der Waals surface area contributed by atoms with E-state index in [9.17, 15) is 43.2 Å². The minimum Gasteiger partial charge on any atom is -0.462 e. The number of phosphoric acid groups is 2. The second kappa shape index (κ2) is 63.5. The second-order valence-corrected chi connectivity index (χ2v) is 30.8. The predicted molar refractivity (Wildman–Crippen MR) is 377 cm³/mol. The van der Waals surface area contributed by atoms with E-state index in [2.05, 4.69) is 55.4 Å². The molecule has 93 heavy (non-hydrogen) atoms. The van der Waals surface area contributed by atoms with Crippen molar-refractivity contribution in [1.29, 1.82) is 0 Å². The topological polar surface area (TPSA) is 237 Å². The first-order valence-corrected chi connectivity index (χ1v) is 41.3. The number of esters is 4. The van der Waals surface area contributed by atoms with E-state index < -0.39 is 97.5 Å². The number of rotatable bonds is 71. The first-order valence-electron chi connectivity index (χ1n) is 38.3. The molecule has 0 aliphatic heterocycles. The van der Waals surface area contributed by atoms with Crippen molar-refractivity contribution in [3.8, 4) is 0 Å². The fourth-order valence-electron chi connectivity index (χ4n) is 11.1. The average Bonchev–Trinajstić information content (AvgIpc) is 2.36. The molecule has 0 rings (SSSR count). The van der Waals surface area contributed by atoms with Gasteiger partial charge in [0, 0.05) is 25.7 Å². The molecule has 8 atom stereocenters. The maximum atomic E-state index is 13.1. The van der Waals surface area contributed by atoms with Gasteiger partial charge in [0.1, 0.15) is 19.3 Å². The Hall–Kier alpha value is -1.94. The minimum absolute atomic E-state index is 0.102. The number of phosphoric ester groups is 2. The van der Waals surface area contributed by atoms with Crippen LogP contribution in [0.4, 0.5) is 0 Å². The summed E-state index contributed by atoms with van der Waals surface area (Å²) >= 11 is 0. The van der Waals surface area contributed by atoms with Crippen LogP contribution in [-0.4, -0.2) is 96.7 Å². The van der Waals surface area contributed by atoms with Crippen LogP contribution in [0.2, 0.25) is 0 Å². The minimum atomic E-state index is -4.96. The summed E-state index contributed by atoms with van der Waals surface area (Å²) in [5.41, 5.74) is 0.